The molecule has 1 amide bonds. The quantitative estimate of drug-likeness (QED) is 0.701. The molecule has 0 atom stereocenters. The van der Waals surface area contributed by atoms with Crippen LogP contribution in [0.5, 0.6) is 11.5 Å². The molecule has 0 fully saturated rings. The first-order chi connectivity index (χ1) is 12.1. The Morgan fingerprint density at radius 2 is 1.84 bits per heavy atom. The molecule has 0 N–H and O–H groups in total. The third kappa shape index (κ3) is 5.24. The summed E-state index contributed by atoms with van der Waals surface area (Å²) in [7, 11) is 1.80. The number of hydrogen-bond donors (Lipinski definition) is 0. The zero-order chi connectivity index (χ0) is 18.2. The Morgan fingerprint density at radius 1 is 1.12 bits per heavy atom. The SMILES string of the molecule is CCOc1ccc(CC(=O)N(C)Cc2ccn(CC)n2)cc1OCC. The highest BCUT2D eigenvalue weighted by Gasteiger charge is 2.14. The minimum atomic E-state index is 0.0395. The lowest BCUT2D eigenvalue weighted by Crippen LogP contribution is -2.28. The third-order valence-electron chi connectivity index (χ3n) is 3.81. The van der Waals surface area contributed by atoms with Gasteiger partial charge in [-0.1, -0.05) is 6.07 Å². The van der Waals surface area contributed by atoms with E-state index in [2.05, 4.69) is 5.10 Å². The van der Waals surface area contributed by atoms with E-state index in [-0.39, 0.29) is 5.91 Å². The van der Waals surface area contributed by atoms with Gasteiger partial charge in [-0.2, -0.15) is 5.10 Å². The van der Waals surface area contributed by atoms with Crippen molar-refractivity contribution in [1.82, 2.24) is 14.7 Å². The van der Waals surface area contributed by atoms with E-state index in [4.69, 9.17) is 9.47 Å². The lowest BCUT2D eigenvalue weighted by Gasteiger charge is -2.17. The van der Waals surface area contributed by atoms with Gasteiger partial charge in [-0.3, -0.25) is 9.48 Å². The van der Waals surface area contributed by atoms with E-state index in [0.717, 1.165) is 17.8 Å². The van der Waals surface area contributed by atoms with Crippen LogP contribution >= 0.6 is 0 Å². The number of aromatic nitrogens is 2. The van der Waals surface area contributed by atoms with E-state index in [1.807, 2.05) is 55.9 Å². The molecular weight excluding hydrogens is 318 g/mol. The number of benzene rings is 1. The van der Waals surface area contributed by atoms with Crippen LogP contribution in [0.4, 0.5) is 0 Å². The maximum Gasteiger partial charge on any atom is 0.227 e. The Kier molecular flexibility index (Phi) is 6.86. The minimum absolute atomic E-state index is 0.0395. The minimum Gasteiger partial charge on any atom is -0.490 e. The van der Waals surface area contributed by atoms with Crippen molar-refractivity contribution in [1.29, 1.82) is 0 Å². The number of hydrogen-bond acceptors (Lipinski definition) is 4. The summed E-state index contributed by atoms with van der Waals surface area (Å²) in [6.07, 6.45) is 2.24. The second kappa shape index (κ2) is 9.11. The molecular formula is C19H27N3O3. The first kappa shape index (κ1) is 18.8. The van der Waals surface area contributed by atoms with Crippen molar-refractivity contribution in [3.63, 3.8) is 0 Å². The van der Waals surface area contributed by atoms with Gasteiger partial charge in [0.15, 0.2) is 11.5 Å². The van der Waals surface area contributed by atoms with Gasteiger partial charge in [-0.05, 0) is 44.5 Å². The van der Waals surface area contributed by atoms with Crippen LogP contribution in [0.3, 0.4) is 0 Å². The molecule has 0 spiro atoms. The third-order valence-corrected chi connectivity index (χ3v) is 3.81. The monoisotopic (exact) mass is 345 g/mol. The molecule has 2 rings (SSSR count). The fourth-order valence-electron chi connectivity index (χ4n) is 2.51. The number of rotatable bonds is 9. The first-order valence-electron chi connectivity index (χ1n) is 8.72. The summed E-state index contributed by atoms with van der Waals surface area (Å²) in [6.45, 7) is 8.35. The van der Waals surface area contributed by atoms with Crippen LogP contribution in [0.15, 0.2) is 30.5 Å². The van der Waals surface area contributed by atoms with Crippen LogP contribution in [0.2, 0.25) is 0 Å². The molecule has 2 aromatic rings. The summed E-state index contributed by atoms with van der Waals surface area (Å²) in [5.41, 5.74) is 1.79. The van der Waals surface area contributed by atoms with Gasteiger partial charge in [0.2, 0.25) is 5.91 Å². The molecule has 0 bridgehead atoms. The summed E-state index contributed by atoms with van der Waals surface area (Å²) in [5, 5.41) is 4.41. The van der Waals surface area contributed by atoms with Gasteiger partial charge in [0.25, 0.3) is 0 Å². The lowest BCUT2D eigenvalue weighted by molar-refractivity contribution is -0.129. The van der Waals surface area contributed by atoms with Crippen molar-refractivity contribution in [2.75, 3.05) is 20.3 Å². The maximum atomic E-state index is 12.5. The molecule has 1 aromatic carbocycles. The van der Waals surface area contributed by atoms with Crippen molar-refractivity contribution in [3.05, 3.63) is 41.7 Å². The van der Waals surface area contributed by atoms with Crippen molar-refractivity contribution in [2.45, 2.75) is 40.3 Å². The van der Waals surface area contributed by atoms with Crippen LogP contribution in [-0.2, 0) is 24.3 Å². The van der Waals surface area contributed by atoms with E-state index in [0.29, 0.717) is 37.7 Å². The Morgan fingerprint density at radius 3 is 2.48 bits per heavy atom. The average Bonchev–Trinajstić information content (AvgIpc) is 3.05. The highest BCUT2D eigenvalue weighted by molar-refractivity contribution is 5.78. The van der Waals surface area contributed by atoms with E-state index in [9.17, 15) is 4.79 Å². The normalized spacial score (nSPS) is 10.6. The number of carbonyl (C=O) groups is 1. The van der Waals surface area contributed by atoms with Gasteiger partial charge >= 0.3 is 0 Å². The number of nitrogens with zero attached hydrogens (tertiary/aromatic N) is 3. The highest BCUT2D eigenvalue weighted by Crippen LogP contribution is 2.28. The molecule has 1 heterocycles. The van der Waals surface area contributed by atoms with Gasteiger partial charge < -0.3 is 14.4 Å². The molecule has 6 nitrogen and oxygen atoms in total. The molecule has 0 aliphatic rings. The molecule has 0 saturated carbocycles. The maximum absolute atomic E-state index is 12.5. The number of likely N-dealkylation sites (N-methyl/N-ethyl adjacent to an activating group) is 1. The van der Waals surface area contributed by atoms with Crippen LogP contribution in [0.1, 0.15) is 32.0 Å². The van der Waals surface area contributed by atoms with Crippen LogP contribution in [-0.4, -0.2) is 40.8 Å². The standard InChI is InChI=1S/C19H27N3O3/c1-5-22-11-10-16(20-22)14-21(4)19(23)13-15-8-9-17(24-6-2)18(12-15)25-7-3/h8-12H,5-7,13-14H2,1-4H3. The van der Waals surface area contributed by atoms with Crippen molar-refractivity contribution >= 4 is 5.91 Å². The summed E-state index contributed by atoms with van der Waals surface area (Å²) in [4.78, 5) is 14.2. The van der Waals surface area contributed by atoms with E-state index < -0.39 is 0 Å². The highest BCUT2D eigenvalue weighted by atomic mass is 16.5. The summed E-state index contributed by atoms with van der Waals surface area (Å²) >= 11 is 0. The van der Waals surface area contributed by atoms with E-state index in [1.165, 1.54) is 0 Å². The van der Waals surface area contributed by atoms with Gasteiger partial charge in [-0.15, -0.1) is 0 Å². The summed E-state index contributed by atoms with van der Waals surface area (Å²) < 4.78 is 13.0. The fraction of sp³-hybridized carbons (Fsp3) is 0.474. The van der Waals surface area contributed by atoms with Gasteiger partial charge in [0.1, 0.15) is 0 Å². The second-order valence-corrected chi connectivity index (χ2v) is 5.74. The van der Waals surface area contributed by atoms with E-state index in [1.54, 1.807) is 11.9 Å². The molecule has 1 aromatic heterocycles. The first-order valence-corrected chi connectivity index (χ1v) is 8.72. The predicted octanol–water partition coefficient (Wildman–Crippen LogP) is 2.90. The Balaban J connectivity index is 2.01. The molecule has 0 aliphatic heterocycles. The molecule has 0 unspecified atom stereocenters. The lowest BCUT2D eigenvalue weighted by atomic mass is 10.1. The topological polar surface area (TPSA) is 56.6 Å². The molecule has 136 valence electrons. The number of carbonyl (C=O) groups excluding carboxylic acids is 1. The van der Waals surface area contributed by atoms with Crippen molar-refractivity contribution < 1.29 is 14.3 Å². The molecule has 0 radical (unpaired) electrons. The largest absolute Gasteiger partial charge is 0.490 e. The van der Waals surface area contributed by atoms with Gasteiger partial charge in [0, 0.05) is 19.8 Å². The number of ether oxygens (including phenoxy) is 2. The van der Waals surface area contributed by atoms with Crippen LogP contribution in [0.25, 0.3) is 0 Å². The Hall–Kier alpha value is -2.50. The summed E-state index contributed by atoms with van der Waals surface area (Å²) in [5.74, 6) is 1.43. The second-order valence-electron chi connectivity index (χ2n) is 5.74. The van der Waals surface area contributed by atoms with Crippen molar-refractivity contribution in [3.8, 4) is 11.5 Å². The van der Waals surface area contributed by atoms with Crippen molar-refractivity contribution in [2.24, 2.45) is 0 Å². The molecule has 6 heteroatoms. The van der Waals surface area contributed by atoms with Crippen LogP contribution in [0, 0.1) is 0 Å². The fourth-order valence-corrected chi connectivity index (χ4v) is 2.51. The Labute approximate surface area is 149 Å². The van der Waals surface area contributed by atoms with E-state index >= 15 is 0 Å². The number of amides is 1. The average molecular weight is 345 g/mol. The Bertz CT molecular complexity index is 697. The zero-order valence-corrected chi connectivity index (χ0v) is 15.5. The zero-order valence-electron chi connectivity index (χ0n) is 15.5. The molecule has 0 saturated heterocycles. The van der Waals surface area contributed by atoms with Gasteiger partial charge in [0.05, 0.1) is 31.9 Å². The predicted molar refractivity (Wildman–Crippen MR) is 96.9 cm³/mol. The summed E-state index contributed by atoms with van der Waals surface area (Å²) in [6, 6.07) is 7.59. The molecule has 25 heavy (non-hydrogen) atoms. The van der Waals surface area contributed by atoms with Gasteiger partial charge in [-0.25, -0.2) is 0 Å². The smallest absolute Gasteiger partial charge is 0.227 e. The van der Waals surface area contributed by atoms with Crippen LogP contribution < -0.4 is 9.47 Å². The number of aryl methyl sites for hydroxylation is 1. The molecule has 0 aliphatic carbocycles.